The molecule has 0 amide bonds. The van der Waals surface area contributed by atoms with Gasteiger partial charge in [-0.05, 0) is 55.1 Å². The van der Waals surface area contributed by atoms with Crippen LogP contribution in [0.1, 0.15) is 6.42 Å². The number of hydrogen-bond acceptors (Lipinski definition) is 3. The first-order valence-electron chi connectivity index (χ1n) is 5.07. The molecule has 0 N–H and O–H groups in total. The molecular formula is C11H18BrN3. The van der Waals surface area contributed by atoms with Crippen LogP contribution in [0.2, 0.25) is 0 Å². The minimum Gasteiger partial charge on any atom is -0.359 e. The van der Waals surface area contributed by atoms with Gasteiger partial charge in [-0.3, -0.25) is 0 Å². The second-order valence-corrected chi connectivity index (χ2v) is 4.74. The Kier molecular flexibility index (Phi) is 5.05. The SMILES string of the molecule is CN(C)CCCN(C)c1ncccc1Br. The van der Waals surface area contributed by atoms with Gasteiger partial charge in [0.25, 0.3) is 0 Å². The summed E-state index contributed by atoms with van der Waals surface area (Å²) >= 11 is 3.50. The van der Waals surface area contributed by atoms with Gasteiger partial charge in [0.2, 0.25) is 0 Å². The van der Waals surface area contributed by atoms with E-state index in [-0.39, 0.29) is 0 Å². The number of aromatic nitrogens is 1. The highest BCUT2D eigenvalue weighted by Crippen LogP contribution is 2.21. The number of pyridine rings is 1. The molecular weight excluding hydrogens is 254 g/mol. The van der Waals surface area contributed by atoms with Crippen molar-refractivity contribution in [2.75, 3.05) is 39.1 Å². The molecule has 1 rings (SSSR count). The monoisotopic (exact) mass is 271 g/mol. The van der Waals surface area contributed by atoms with E-state index < -0.39 is 0 Å². The quantitative estimate of drug-likeness (QED) is 0.819. The molecule has 0 radical (unpaired) electrons. The first-order valence-corrected chi connectivity index (χ1v) is 5.87. The zero-order chi connectivity index (χ0) is 11.3. The Labute approximate surface area is 100 Å². The van der Waals surface area contributed by atoms with Gasteiger partial charge in [0, 0.05) is 19.8 Å². The van der Waals surface area contributed by atoms with Crippen molar-refractivity contribution < 1.29 is 0 Å². The van der Waals surface area contributed by atoms with Gasteiger partial charge in [0.1, 0.15) is 5.82 Å². The summed E-state index contributed by atoms with van der Waals surface area (Å²) in [7, 11) is 6.26. The zero-order valence-electron chi connectivity index (χ0n) is 9.57. The van der Waals surface area contributed by atoms with E-state index in [0.717, 1.165) is 29.8 Å². The summed E-state index contributed by atoms with van der Waals surface area (Å²) in [6, 6.07) is 3.95. The second-order valence-electron chi connectivity index (χ2n) is 3.89. The molecule has 1 aromatic heterocycles. The van der Waals surface area contributed by atoms with Crippen LogP contribution >= 0.6 is 15.9 Å². The lowest BCUT2D eigenvalue weighted by molar-refractivity contribution is 0.401. The highest BCUT2D eigenvalue weighted by Gasteiger charge is 2.05. The summed E-state index contributed by atoms with van der Waals surface area (Å²) in [6.07, 6.45) is 2.97. The fourth-order valence-corrected chi connectivity index (χ4v) is 1.95. The van der Waals surface area contributed by atoms with E-state index in [2.05, 4.69) is 51.9 Å². The van der Waals surface area contributed by atoms with Gasteiger partial charge in [0.05, 0.1) is 4.47 Å². The van der Waals surface area contributed by atoms with Crippen molar-refractivity contribution in [1.29, 1.82) is 0 Å². The lowest BCUT2D eigenvalue weighted by Crippen LogP contribution is -2.24. The second kappa shape index (κ2) is 6.08. The van der Waals surface area contributed by atoms with Crippen LogP contribution in [-0.2, 0) is 0 Å². The maximum absolute atomic E-state index is 4.34. The van der Waals surface area contributed by atoms with Crippen LogP contribution in [0.15, 0.2) is 22.8 Å². The summed E-state index contributed by atoms with van der Waals surface area (Å²) in [6.45, 7) is 2.13. The number of rotatable bonds is 5. The van der Waals surface area contributed by atoms with Crippen LogP contribution < -0.4 is 4.90 Å². The molecule has 0 saturated carbocycles. The molecule has 4 heteroatoms. The Hall–Kier alpha value is -0.610. The summed E-state index contributed by atoms with van der Waals surface area (Å²) < 4.78 is 1.05. The van der Waals surface area contributed by atoms with Crippen LogP contribution in [0, 0.1) is 0 Å². The molecule has 0 spiro atoms. The van der Waals surface area contributed by atoms with Crippen LogP contribution in [0.25, 0.3) is 0 Å². The predicted octanol–water partition coefficient (Wildman–Crippen LogP) is 2.23. The normalized spacial score (nSPS) is 10.7. The molecule has 1 heterocycles. The Morgan fingerprint density at radius 2 is 2.00 bits per heavy atom. The van der Waals surface area contributed by atoms with Crippen molar-refractivity contribution in [2.45, 2.75) is 6.42 Å². The third kappa shape index (κ3) is 4.18. The van der Waals surface area contributed by atoms with Gasteiger partial charge in [-0.2, -0.15) is 0 Å². The third-order valence-electron chi connectivity index (χ3n) is 2.20. The minimum absolute atomic E-state index is 1.01. The van der Waals surface area contributed by atoms with Gasteiger partial charge < -0.3 is 9.80 Å². The van der Waals surface area contributed by atoms with Gasteiger partial charge >= 0.3 is 0 Å². The van der Waals surface area contributed by atoms with E-state index in [4.69, 9.17) is 0 Å². The molecule has 0 aromatic carbocycles. The molecule has 84 valence electrons. The number of halogens is 1. The lowest BCUT2D eigenvalue weighted by atomic mass is 10.3. The Morgan fingerprint density at radius 3 is 2.60 bits per heavy atom. The largest absolute Gasteiger partial charge is 0.359 e. The van der Waals surface area contributed by atoms with Crippen molar-refractivity contribution in [3.05, 3.63) is 22.8 Å². The van der Waals surface area contributed by atoms with Crippen molar-refractivity contribution in [1.82, 2.24) is 9.88 Å². The van der Waals surface area contributed by atoms with Crippen LogP contribution in [0.3, 0.4) is 0 Å². The standard InChI is InChI=1S/C11H18BrN3/c1-14(2)8-5-9-15(3)11-10(12)6-4-7-13-11/h4,6-7H,5,8-9H2,1-3H3. The van der Waals surface area contributed by atoms with E-state index in [1.165, 1.54) is 0 Å². The molecule has 0 saturated heterocycles. The van der Waals surface area contributed by atoms with Gasteiger partial charge in [0.15, 0.2) is 0 Å². The average Bonchev–Trinajstić information content (AvgIpc) is 2.17. The van der Waals surface area contributed by atoms with Crippen LogP contribution in [0.5, 0.6) is 0 Å². The van der Waals surface area contributed by atoms with E-state index in [9.17, 15) is 0 Å². The third-order valence-corrected chi connectivity index (χ3v) is 2.82. The summed E-state index contributed by atoms with van der Waals surface area (Å²) in [5.74, 6) is 1.01. The molecule has 0 atom stereocenters. The Morgan fingerprint density at radius 1 is 1.27 bits per heavy atom. The molecule has 0 aliphatic rings. The zero-order valence-corrected chi connectivity index (χ0v) is 11.2. The topological polar surface area (TPSA) is 19.4 Å². The smallest absolute Gasteiger partial charge is 0.142 e. The first kappa shape index (κ1) is 12.5. The molecule has 0 aliphatic carbocycles. The predicted molar refractivity (Wildman–Crippen MR) is 68.4 cm³/mol. The molecule has 0 unspecified atom stereocenters. The fraction of sp³-hybridized carbons (Fsp3) is 0.545. The number of anilines is 1. The molecule has 0 fully saturated rings. The number of hydrogen-bond donors (Lipinski definition) is 0. The van der Waals surface area contributed by atoms with Crippen molar-refractivity contribution in [3.63, 3.8) is 0 Å². The van der Waals surface area contributed by atoms with Crippen LogP contribution in [0.4, 0.5) is 5.82 Å². The maximum Gasteiger partial charge on any atom is 0.142 e. The fourth-order valence-electron chi connectivity index (χ4n) is 1.39. The summed E-state index contributed by atoms with van der Waals surface area (Å²) in [4.78, 5) is 8.71. The van der Waals surface area contributed by atoms with Gasteiger partial charge in [-0.15, -0.1) is 0 Å². The first-order chi connectivity index (χ1) is 7.11. The van der Waals surface area contributed by atoms with E-state index in [1.807, 2.05) is 18.3 Å². The molecule has 3 nitrogen and oxygen atoms in total. The minimum atomic E-state index is 1.01. The van der Waals surface area contributed by atoms with Crippen molar-refractivity contribution >= 4 is 21.7 Å². The summed E-state index contributed by atoms with van der Waals surface area (Å²) in [5.41, 5.74) is 0. The van der Waals surface area contributed by atoms with Gasteiger partial charge in [-0.1, -0.05) is 0 Å². The summed E-state index contributed by atoms with van der Waals surface area (Å²) in [5, 5.41) is 0. The maximum atomic E-state index is 4.34. The molecule has 0 bridgehead atoms. The van der Waals surface area contributed by atoms with E-state index >= 15 is 0 Å². The number of nitrogens with zero attached hydrogens (tertiary/aromatic N) is 3. The van der Waals surface area contributed by atoms with Crippen molar-refractivity contribution in [3.8, 4) is 0 Å². The Balaban J connectivity index is 2.47. The van der Waals surface area contributed by atoms with Crippen LogP contribution in [-0.4, -0.2) is 44.1 Å². The van der Waals surface area contributed by atoms with Gasteiger partial charge in [-0.25, -0.2) is 4.98 Å². The highest BCUT2D eigenvalue weighted by molar-refractivity contribution is 9.10. The van der Waals surface area contributed by atoms with Crippen molar-refractivity contribution in [2.24, 2.45) is 0 Å². The molecule has 15 heavy (non-hydrogen) atoms. The average molecular weight is 272 g/mol. The Bertz CT molecular complexity index is 302. The molecule has 0 aliphatic heterocycles. The van der Waals surface area contributed by atoms with E-state index in [1.54, 1.807) is 0 Å². The molecule has 1 aromatic rings. The lowest BCUT2D eigenvalue weighted by Gasteiger charge is -2.20. The highest BCUT2D eigenvalue weighted by atomic mass is 79.9. The van der Waals surface area contributed by atoms with E-state index in [0.29, 0.717) is 0 Å².